The summed E-state index contributed by atoms with van der Waals surface area (Å²) in [6.07, 6.45) is 2.22. The third-order valence-corrected chi connectivity index (χ3v) is 3.78. The van der Waals surface area contributed by atoms with Crippen LogP contribution in [-0.2, 0) is 9.59 Å². The maximum Gasteiger partial charge on any atom is 0.291 e. The highest BCUT2D eigenvalue weighted by Gasteiger charge is 2.27. The van der Waals surface area contributed by atoms with E-state index in [1.165, 1.54) is 11.2 Å². The summed E-state index contributed by atoms with van der Waals surface area (Å²) in [4.78, 5) is 37.7. The Morgan fingerprint density at radius 2 is 2.12 bits per heavy atom. The smallest absolute Gasteiger partial charge is 0.291 e. The molecule has 0 saturated carbocycles. The average Bonchev–Trinajstić information content (AvgIpc) is 3.17. The van der Waals surface area contributed by atoms with Crippen LogP contribution in [0.25, 0.3) is 0 Å². The summed E-state index contributed by atoms with van der Waals surface area (Å²) in [5.74, 6) is -0.336. The van der Waals surface area contributed by atoms with Gasteiger partial charge in [0.05, 0.1) is 12.0 Å². The van der Waals surface area contributed by atoms with Gasteiger partial charge in [-0.15, -0.1) is 0 Å². The number of nitrogens with one attached hydrogen (secondary N) is 2. The summed E-state index contributed by atoms with van der Waals surface area (Å²) >= 11 is 0. The highest BCUT2D eigenvalue weighted by molar-refractivity contribution is 6.05. The van der Waals surface area contributed by atoms with Crippen LogP contribution in [0.5, 0.6) is 5.75 Å². The summed E-state index contributed by atoms with van der Waals surface area (Å²) in [5.41, 5.74) is 0.896. The molecule has 0 atom stereocenters. The highest BCUT2D eigenvalue weighted by Crippen LogP contribution is 2.34. The van der Waals surface area contributed by atoms with E-state index in [4.69, 9.17) is 9.15 Å². The van der Waals surface area contributed by atoms with Crippen molar-refractivity contribution in [3.63, 3.8) is 0 Å². The molecule has 26 heavy (non-hydrogen) atoms. The van der Waals surface area contributed by atoms with Gasteiger partial charge in [-0.1, -0.05) is 6.92 Å². The fraction of sp³-hybridized carbons (Fsp3) is 0.278. The van der Waals surface area contributed by atoms with Gasteiger partial charge in [-0.3, -0.25) is 19.3 Å². The number of hydrogen-bond acceptors (Lipinski definition) is 5. The number of nitrogens with zero attached hydrogens (tertiary/aromatic N) is 1. The van der Waals surface area contributed by atoms with Crippen molar-refractivity contribution in [2.45, 2.75) is 13.3 Å². The third-order valence-electron chi connectivity index (χ3n) is 3.78. The summed E-state index contributed by atoms with van der Waals surface area (Å²) in [7, 11) is 0. The van der Waals surface area contributed by atoms with Crippen molar-refractivity contribution in [3.8, 4) is 5.75 Å². The summed E-state index contributed by atoms with van der Waals surface area (Å²) < 4.78 is 10.5. The van der Waals surface area contributed by atoms with Crippen molar-refractivity contribution >= 4 is 29.1 Å². The number of amides is 3. The zero-order chi connectivity index (χ0) is 18.5. The first kappa shape index (κ1) is 17.5. The van der Waals surface area contributed by atoms with E-state index in [1.807, 2.05) is 6.92 Å². The Hall–Kier alpha value is -3.29. The van der Waals surface area contributed by atoms with Gasteiger partial charge in [-0.2, -0.15) is 0 Å². The summed E-state index contributed by atoms with van der Waals surface area (Å²) in [6, 6.07) is 8.07. The molecule has 2 heterocycles. The molecule has 0 bridgehead atoms. The van der Waals surface area contributed by atoms with Crippen LogP contribution < -0.4 is 20.3 Å². The molecular weight excluding hydrogens is 338 g/mol. The first-order valence-electron chi connectivity index (χ1n) is 8.27. The van der Waals surface area contributed by atoms with Crippen LogP contribution in [0, 0.1) is 0 Å². The van der Waals surface area contributed by atoms with Gasteiger partial charge >= 0.3 is 0 Å². The molecule has 0 aliphatic carbocycles. The average molecular weight is 357 g/mol. The van der Waals surface area contributed by atoms with E-state index >= 15 is 0 Å². The minimum atomic E-state index is -0.412. The standard InChI is InChI=1S/C18H19N3O5/c1-2-7-19-16(22)10-21-13-9-12(5-6-14(13)26-11-17(21)23)20-18(24)15-4-3-8-25-15/h3-6,8-9H,2,7,10-11H2,1H3,(H,19,22)(H,20,24). The Kier molecular flexibility index (Phi) is 5.21. The van der Waals surface area contributed by atoms with Gasteiger partial charge < -0.3 is 19.8 Å². The molecule has 0 unspecified atom stereocenters. The Morgan fingerprint density at radius 3 is 2.85 bits per heavy atom. The normalized spacial score (nSPS) is 13.0. The molecule has 1 aromatic carbocycles. The minimum absolute atomic E-state index is 0.106. The second kappa shape index (κ2) is 7.73. The maximum absolute atomic E-state index is 12.2. The lowest BCUT2D eigenvalue weighted by molar-refractivity contribution is -0.125. The molecule has 0 radical (unpaired) electrons. The topological polar surface area (TPSA) is 101 Å². The van der Waals surface area contributed by atoms with Crippen molar-refractivity contribution in [3.05, 3.63) is 42.4 Å². The molecule has 3 amide bonds. The van der Waals surface area contributed by atoms with Gasteiger partial charge in [0.1, 0.15) is 12.3 Å². The number of rotatable bonds is 6. The second-order valence-corrected chi connectivity index (χ2v) is 5.73. The monoisotopic (exact) mass is 357 g/mol. The number of furan rings is 1. The van der Waals surface area contributed by atoms with Gasteiger partial charge in [-0.25, -0.2) is 0 Å². The maximum atomic E-state index is 12.2. The van der Waals surface area contributed by atoms with E-state index in [2.05, 4.69) is 10.6 Å². The first-order valence-corrected chi connectivity index (χ1v) is 8.27. The predicted molar refractivity (Wildman–Crippen MR) is 94.3 cm³/mol. The molecule has 8 nitrogen and oxygen atoms in total. The number of carbonyl (C=O) groups is 3. The highest BCUT2D eigenvalue weighted by atomic mass is 16.5. The number of carbonyl (C=O) groups excluding carboxylic acids is 3. The third kappa shape index (κ3) is 3.85. The Labute approximate surface area is 150 Å². The van der Waals surface area contributed by atoms with Crippen LogP contribution in [0.1, 0.15) is 23.9 Å². The Balaban J connectivity index is 1.79. The van der Waals surface area contributed by atoms with Crippen molar-refractivity contribution in [2.24, 2.45) is 0 Å². The lowest BCUT2D eigenvalue weighted by Crippen LogP contribution is -2.45. The van der Waals surface area contributed by atoms with Crippen LogP contribution >= 0.6 is 0 Å². The molecule has 8 heteroatoms. The molecular formula is C18H19N3O5. The lowest BCUT2D eigenvalue weighted by Gasteiger charge is -2.29. The van der Waals surface area contributed by atoms with Crippen LogP contribution in [0.3, 0.4) is 0 Å². The SMILES string of the molecule is CCCNC(=O)CN1C(=O)COc2ccc(NC(=O)c3ccco3)cc21. The van der Waals surface area contributed by atoms with E-state index in [0.717, 1.165) is 6.42 Å². The van der Waals surface area contributed by atoms with Crippen LogP contribution in [-0.4, -0.2) is 37.4 Å². The molecule has 1 aliphatic rings. The molecule has 0 fully saturated rings. The van der Waals surface area contributed by atoms with Gasteiger partial charge in [-0.05, 0) is 36.8 Å². The van der Waals surface area contributed by atoms with Crippen molar-refractivity contribution in [2.75, 3.05) is 29.9 Å². The lowest BCUT2D eigenvalue weighted by atomic mass is 10.2. The zero-order valence-corrected chi connectivity index (χ0v) is 14.3. The predicted octanol–water partition coefficient (Wildman–Crippen LogP) is 1.78. The van der Waals surface area contributed by atoms with Crippen LogP contribution in [0.15, 0.2) is 41.0 Å². The molecule has 0 spiro atoms. The first-order chi connectivity index (χ1) is 12.6. The van der Waals surface area contributed by atoms with Crippen LogP contribution in [0.2, 0.25) is 0 Å². The largest absolute Gasteiger partial charge is 0.482 e. The quantitative estimate of drug-likeness (QED) is 0.821. The number of fused-ring (bicyclic) bond motifs is 1. The molecule has 0 saturated heterocycles. The second-order valence-electron chi connectivity index (χ2n) is 5.73. The number of hydrogen-bond donors (Lipinski definition) is 2. The fourth-order valence-corrected chi connectivity index (χ4v) is 2.52. The summed E-state index contributed by atoms with van der Waals surface area (Å²) in [6.45, 7) is 2.25. The molecule has 1 aromatic heterocycles. The van der Waals surface area contributed by atoms with Gasteiger partial charge in [0, 0.05) is 12.2 Å². The molecule has 1 aliphatic heterocycles. The molecule has 136 valence electrons. The molecule has 3 rings (SSSR count). The number of anilines is 2. The minimum Gasteiger partial charge on any atom is -0.482 e. The van der Waals surface area contributed by atoms with E-state index in [1.54, 1.807) is 30.3 Å². The number of benzene rings is 1. The number of ether oxygens (including phenoxy) is 1. The van der Waals surface area contributed by atoms with E-state index in [-0.39, 0.29) is 30.7 Å². The molecule has 2 N–H and O–H groups in total. The van der Waals surface area contributed by atoms with Crippen molar-refractivity contribution < 1.29 is 23.5 Å². The Bertz CT molecular complexity index is 816. The van der Waals surface area contributed by atoms with Gasteiger partial charge in [0.15, 0.2) is 12.4 Å². The summed E-state index contributed by atoms with van der Waals surface area (Å²) in [5, 5.41) is 5.43. The molecule has 2 aromatic rings. The van der Waals surface area contributed by atoms with Crippen molar-refractivity contribution in [1.29, 1.82) is 0 Å². The van der Waals surface area contributed by atoms with E-state index < -0.39 is 5.91 Å². The van der Waals surface area contributed by atoms with E-state index in [9.17, 15) is 14.4 Å². The van der Waals surface area contributed by atoms with E-state index in [0.29, 0.717) is 23.7 Å². The zero-order valence-electron chi connectivity index (χ0n) is 14.3. The Morgan fingerprint density at radius 1 is 1.27 bits per heavy atom. The van der Waals surface area contributed by atoms with Gasteiger partial charge in [0.25, 0.3) is 11.8 Å². The van der Waals surface area contributed by atoms with Crippen molar-refractivity contribution in [1.82, 2.24) is 5.32 Å². The van der Waals surface area contributed by atoms with Gasteiger partial charge in [0.2, 0.25) is 5.91 Å². The fourth-order valence-electron chi connectivity index (χ4n) is 2.52. The van der Waals surface area contributed by atoms with Crippen LogP contribution in [0.4, 0.5) is 11.4 Å².